The molecule has 4 nitrogen and oxygen atoms in total. The maximum absolute atomic E-state index is 13.6. The van der Waals surface area contributed by atoms with Crippen molar-refractivity contribution in [1.82, 2.24) is 15.5 Å². The fourth-order valence-electron chi connectivity index (χ4n) is 1.81. The molecule has 2 rings (SSSR count). The first-order valence-corrected chi connectivity index (χ1v) is 5.25. The van der Waals surface area contributed by atoms with E-state index in [1.807, 2.05) is 13.1 Å². The molecular formula is C12H14FN3O. The Hall–Kier alpha value is -1.88. The van der Waals surface area contributed by atoms with Crippen LogP contribution in [0.1, 0.15) is 17.2 Å². The third-order valence-electron chi connectivity index (χ3n) is 2.65. The Bertz CT molecular complexity index is 485. The fourth-order valence-corrected chi connectivity index (χ4v) is 1.81. The van der Waals surface area contributed by atoms with Gasteiger partial charge in [-0.25, -0.2) is 4.39 Å². The van der Waals surface area contributed by atoms with Crippen molar-refractivity contribution in [1.29, 1.82) is 0 Å². The van der Waals surface area contributed by atoms with Crippen molar-refractivity contribution in [3.05, 3.63) is 47.5 Å². The molecule has 0 fully saturated rings. The molecule has 0 spiro atoms. The number of aromatic nitrogens is 2. The number of benzene rings is 1. The van der Waals surface area contributed by atoms with Crippen molar-refractivity contribution in [2.75, 3.05) is 14.2 Å². The molecule has 0 saturated heterocycles. The summed E-state index contributed by atoms with van der Waals surface area (Å²) in [4.78, 5) is 0. The maximum Gasteiger partial charge on any atom is 0.165 e. The van der Waals surface area contributed by atoms with Gasteiger partial charge >= 0.3 is 0 Å². The van der Waals surface area contributed by atoms with Crippen LogP contribution >= 0.6 is 0 Å². The largest absolute Gasteiger partial charge is 0.494 e. The van der Waals surface area contributed by atoms with Gasteiger partial charge in [0.2, 0.25) is 0 Å². The monoisotopic (exact) mass is 235 g/mol. The number of nitrogens with one attached hydrogen (secondary N) is 2. The molecule has 90 valence electrons. The molecule has 2 N–H and O–H groups in total. The van der Waals surface area contributed by atoms with Gasteiger partial charge in [-0.3, -0.25) is 5.10 Å². The average Bonchev–Trinajstić information content (AvgIpc) is 2.84. The van der Waals surface area contributed by atoms with Crippen LogP contribution in [0, 0.1) is 5.82 Å². The number of halogens is 1. The first-order valence-electron chi connectivity index (χ1n) is 5.25. The van der Waals surface area contributed by atoms with E-state index in [0.717, 1.165) is 11.1 Å². The van der Waals surface area contributed by atoms with Crippen LogP contribution in [0.4, 0.5) is 4.39 Å². The Morgan fingerprint density at radius 3 is 2.76 bits per heavy atom. The molecule has 0 saturated carbocycles. The molecule has 1 heterocycles. The molecule has 0 aliphatic rings. The Balaban J connectivity index is 2.35. The minimum absolute atomic E-state index is 0.0887. The molecule has 0 aliphatic carbocycles. The summed E-state index contributed by atoms with van der Waals surface area (Å²) in [5.41, 5.74) is 1.78. The van der Waals surface area contributed by atoms with Crippen LogP contribution in [-0.4, -0.2) is 24.4 Å². The zero-order valence-electron chi connectivity index (χ0n) is 9.70. The summed E-state index contributed by atoms with van der Waals surface area (Å²) in [5.74, 6) is -0.121. The summed E-state index contributed by atoms with van der Waals surface area (Å²) in [6, 6.07) is 4.83. The van der Waals surface area contributed by atoms with Crippen molar-refractivity contribution in [3.8, 4) is 5.75 Å². The Morgan fingerprint density at radius 2 is 2.24 bits per heavy atom. The highest BCUT2D eigenvalue weighted by molar-refractivity contribution is 5.35. The van der Waals surface area contributed by atoms with Crippen LogP contribution in [0.25, 0.3) is 0 Å². The molecule has 0 amide bonds. The quantitative estimate of drug-likeness (QED) is 0.850. The van der Waals surface area contributed by atoms with Crippen LogP contribution in [0.15, 0.2) is 30.6 Å². The second kappa shape index (κ2) is 4.97. The van der Waals surface area contributed by atoms with E-state index < -0.39 is 0 Å². The molecule has 1 atom stereocenters. The fraction of sp³-hybridized carbons (Fsp3) is 0.250. The second-order valence-corrected chi connectivity index (χ2v) is 3.65. The molecule has 17 heavy (non-hydrogen) atoms. The molecule has 1 aromatic heterocycles. The van der Waals surface area contributed by atoms with Gasteiger partial charge in [-0.05, 0) is 24.7 Å². The number of nitrogens with zero attached hydrogens (tertiary/aromatic N) is 1. The zero-order chi connectivity index (χ0) is 12.3. The van der Waals surface area contributed by atoms with Gasteiger partial charge in [0, 0.05) is 11.8 Å². The van der Waals surface area contributed by atoms with Gasteiger partial charge in [0.05, 0.1) is 19.3 Å². The van der Waals surface area contributed by atoms with E-state index in [1.165, 1.54) is 13.2 Å². The highest BCUT2D eigenvalue weighted by atomic mass is 19.1. The molecule has 5 heteroatoms. The van der Waals surface area contributed by atoms with Crippen molar-refractivity contribution >= 4 is 0 Å². The first kappa shape index (κ1) is 11.6. The predicted molar refractivity (Wildman–Crippen MR) is 62.4 cm³/mol. The molecule has 0 bridgehead atoms. The summed E-state index contributed by atoms with van der Waals surface area (Å²) >= 11 is 0. The number of rotatable bonds is 4. The molecule has 1 unspecified atom stereocenters. The molecule has 2 aromatic rings. The average molecular weight is 235 g/mol. The van der Waals surface area contributed by atoms with Crippen LogP contribution in [0.3, 0.4) is 0 Å². The standard InChI is InChI=1S/C12H14FN3O/c1-14-12(9-6-15-16-7-9)8-3-4-11(17-2)10(13)5-8/h3-7,12,14H,1-2H3,(H,15,16). The van der Waals surface area contributed by atoms with Crippen molar-refractivity contribution in [2.45, 2.75) is 6.04 Å². The van der Waals surface area contributed by atoms with Gasteiger partial charge in [0.25, 0.3) is 0 Å². The zero-order valence-corrected chi connectivity index (χ0v) is 9.70. The summed E-state index contributed by atoms with van der Waals surface area (Å²) in [6.45, 7) is 0. The van der Waals surface area contributed by atoms with Crippen LogP contribution in [0.2, 0.25) is 0 Å². The van der Waals surface area contributed by atoms with Crippen molar-refractivity contribution in [3.63, 3.8) is 0 Å². The van der Waals surface area contributed by atoms with E-state index in [9.17, 15) is 4.39 Å². The molecule has 0 aliphatic heterocycles. The lowest BCUT2D eigenvalue weighted by molar-refractivity contribution is 0.386. The van der Waals surface area contributed by atoms with Gasteiger partial charge in [-0.2, -0.15) is 5.10 Å². The maximum atomic E-state index is 13.6. The molecule has 0 radical (unpaired) electrons. The third kappa shape index (κ3) is 2.29. The second-order valence-electron chi connectivity index (χ2n) is 3.65. The van der Waals surface area contributed by atoms with Gasteiger partial charge in [0.15, 0.2) is 11.6 Å². The minimum Gasteiger partial charge on any atom is -0.494 e. The van der Waals surface area contributed by atoms with E-state index in [4.69, 9.17) is 4.74 Å². The van der Waals surface area contributed by atoms with E-state index in [1.54, 1.807) is 18.5 Å². The summed E-state index contributed by atoms with van der Waals surface area (Å²) in [5, 5.41) is 9.75. The van der Waals surface area contributed by atoms with Gasteiger partial charge in [-0.15, -0.1) is 0 Å². The van der Waals surface area contributed by atoms with Gasteiger partial charge in [0.1, 0.15) is 0 Å². The number of ether oxygens (including phenoxy) is 1. The molecular weight excluding hydrogens is 221 g/mol. The van der Waals surface area contributed by atoms with Crippen molar-refractivity contribution < 1.29 is 9.13 Å². The van der Waals surface area contributed by atoms with E-state index in [-0.39, 0.29) is 17.6 Å². The number of aromatic amines is 1. The lowest BCUT2D eigenvalue weighted by Gasteiger charge is -2.15. The number of H-pyrrole nitrogens is 1. The lowest BCUT2D eigenvalue weighted by Crippen LogP contribution is -2.17. The predicted octanol–water partition coefficient (Wildman–Crippen LogP) is 1.87. The Kier molecular flexibility index (Phi) is 3.39. The van der Waals surface area contributed by atoms with E-state index in [2.05, 4.69) is 15.5 Å². The van der Waals surface area contributed by atoms with Crippen LogP contribution in [-0.2, 0) is 0 Å². The minimum atomic E-state index is -0.367. The lowest BCUT2D eigenvalue weighted by atomic mass is 10.0. The normalized spacial score (nSPS) is 12.4. The highest BCUT2D eigenvalue weighted by Crippen LogP contribution is 2.25. The van der Waals surface area contributed by atoms with E-state index in [0.29, 0.717) is 0 Å². The summed E-state index contributed by atoms with van der Waals surface area (Å²) in [7, 11) is 3.27. The first-order chi connectivity index (χ1) is 8.26. The van der Waals surface area contributed by atoms with Gasteiger partial charge < -0.3 is 10.1 Å². The third-order valence-corrected chi connectivity index (χ3v) is 2.65. The Labute approximate surface area is 98.8 Å². The number of hydrogen-bond donors (Lipinski definition) is 2. The Morgan fingerprint density at radius 1 is 1.41 bits per heavy atom. The highest BCUT2D eigenvalue weighted by Gasteiger charge is 2.15. The van der Waals surface area contributed by atoms with Crippen LogP contribution < -0.4 is 10.1 Å². The summed E-state index contributed by atoms with van der Waals surface area (Å²) < 4.78 is 18.5. The van der Waals surface area contributed by atoms with E-state index >= 15 is 0 Å². The summed E-state index contributed by atoms with van der Waals surface area (Å²) in [6.07, 6.45) is 3.49. The number of methoxy groups -OCH3 is 1. The topological polar surface area (TPSA) is 49.9 Å². The SMILES string of the molecule is CNC(c1cn[nH]c1)c1ccc(OC)c(F)c1. The van der Waals surface area contributed by atoms with Crippen LogP contribution in [0.5, 0.6) is 5.75 Å². The number of hydrogen-bond acceptors (Lipinski definition) is 3. The smallest absolute Gasteiger partial charge is 0.165 e. The van der Waals surface area contributed by atoms with Gasteiger partial charge in [-0.1, -0.05) is 6.07 Å². The molecule has 1 aromatic carbocycles. The van der Waals surface area contributed by atoms with Crippen molar-refractivity contribution in [2.24, 2.45) is 0 Å².